The van der Waals surface area contributed by atoms with E-state index >= 15 is 0 Å². The minimum Gasteiger partial charge on any atom is -0.503 e. The van der Waals surface area contributed by atoms with E-state index in [0.29, 0.717) is 36.2 Å². The van der Waals surface area contributed by atoms with E-state index < -0.39 is 24.0 Å². The fraction of sp³-hybridized carbons (Fsp3) is 0.550. The van der Waals surface area contributed by atoms with Crippen LogP contribution in [0.1, 0.15) is 43.8 Å². The van der Waals surface area contributed by atoms with Crippen molar-refractivity contribution in [1.29, 1.82) is 0 Å². The summed E-state index contributed by atoms with van der Waals surface area (Å²) in [6.45, 7) is -2.66. The molecule has 2 aliphatic rings. The number of anilines is 1. The number of aromatic nitrogens is 4. The maximum absolute atomic E-state index is 13.8. The highest BCUT2D eigenvalue weighted by Crippen LogP contribution is 2.40. The molecule has 0 radical (unpaired) electrons. The second kappa shape index (κ2) is 7.61. The van der Waals surface area contributed by atoms with Crippen molar-refractivity contribution in [1.82, 2.24) is 24.5 Å². The molecule has 2 unspecified atom stereocenters. The van der Waals surface area contributed by atoms with E-state index in [9.17, 15) is 22.7 Å². The predicted octanol–water partition coefficient (Wildman–Crippen LogP) is 3.53. The number of likely N-dealkylation sites (tertiary alicyclic amines) is 1. The van der Waals surface area contributed by atoms with Gasteiger partial charge in [-0.2, -0.15) is 13.3 Å². The molecule has 1 aliphatic carbocycles. The molecule has 0 bridgehead atoms. The van der Waals surface area contributed by atoms with Crippen molar-refractivity contribution >= 4 is 22.5 Å². The molecule has 3 heterocycles. The summed E-state index contributed by atoms with van der Waals surface area (Å²) in [4.78, 5) is 10.5. The summed E-state index contributed by atoms with van der Waals surface area (Å²) in [6, 6.07) is 2.71. The molecule has 0 amide bonds. The molecule has 2 fully saturated rings. The van der Waals surface area contributed by atoms with Crippen LogP contribution in [0.3, 0.4) is 0 Å². The standard InChI is InChI=1S/C20H22F4N6O2/c21-18(22)32-13-5-4-12-14(15(13)31)26-19(25)30-17(12)27-16(28-30)10-2-3-11(8-10)29-7-1-6-20(23,24)9-29/h4-5,10-11,18,31H,1-3,6-9H2,(H2,25,26). The van der Waals surface area contributed by atoms with E-state index in [1.807, 2.05) is 4.90 Å². The fourth-order valence-electron chi connectivity index (χ4n) is 4.87. The Hall–Kier alpha value is -2.89. The average molecular weight is 454 g/mol. The Morgan fingerprint density at radius 1 is 1.22 bits per heavy atom. The molecule has 1 saturated heterocycles. The van der Waals surface area contributed by atoms with E-state index in [1.54, 1.807) is 0 Å². The average Bonchev–Trinajstić information content (AvgIpc) is 3.37. The minimum absolute atomic E-state index is 0.0213. The quantitative estimate of drug-likeness (QED) is 0.582. The van der Waals surface area contributed by atoms with Gasteiger partial charge in [0, 0.05) is 23.8 Å². The smallest absolute Gasteiger partial charge is 0.387 e. The van der Waals surface area contributed by atoms with Crippen molar-refractivity contribution in [3.63, 3.8) is 0 Å². The molecule has 8 nitrogen and oxygen atoms in total. The molecule has 3 aromatic rings. The monoisotopic (exact) mass is 454 g/mol. The molecule has 5 rings (SSSR count). The Bertz CT molecular complexity index is 1170. The Labute approximate surface area is 180 Å². The summed E-state index contributed by atoms with van der Waals surface area (Å²) in [5, 5.41) is 15.2. The number of fused-ring (bicyclic) bond motifs is 3. The maximum Gasteiger partial charge on any atom is 0.387 e. The number of hydrogen-bond donors (Lipinski definition) is 2. The third-order valence-electron chi connectivity index (χ3n) is 6.35. The lowest BCUT2D eigenvalue weighted by Gasteiger charge is -2.36. The van der Waals surface area contributed by atoms with Crippen molar-refractivity contribution in [2.75, 3.05) is 18.8 Å². The van der Waals surface area contributed by atoms with Crippen LogP contribution in [0.5, 0.6) is 11.5 Å². The van der Waals surface area contributed by atoms with Crippen LogP contribution in [0.4, 0.5) is 23.5 Å². The fourth-order valence-corrected chi connectivity index (χ4v) is 4.87. The van der Waals surface area contributed by atoms with Gasteiger partial charge in [-0.05, 0) is 44.4 Å². The van der Waals surface area contributed by atoms with Gasteiger partial charge in [0.15, 0.2) is 23.0 Å². The number of halogens is 4. The lowest BCUT2D eigenvalue weighted by atomic mass is 10.0. The Balaban J connectivity index is 1.45. The highest BCUT2D eigenvalue weighted by atomic mass is 19.3. The Morgan fingerprint density at radius 3 is 2.78 bits per heavy atom. The number of rotatable bonds is 4. The van der Waals surface area contributed by atoms with Crippen LogP contribution in [0.25, 0.3) is 16.6 Å². The first-order valence-electron chi connectivity index (χ1n) is 10.5. The van der Waals surface area contributed by atoms with Gasteiger partial charge in [-0.15, -0.1) is 5.10 Å². The van der Waals surface area contributed by atoms with E-state index in [-0.39, 0.29) is 36.4 Å². The minimum atomic E-state index is -3.10. The number of nitrogens with two attached hydrogens (primary N) is 1. The van der Waals surface area contributed by atoms with Crippen LogP contribution in [-0.4, -0.2) is 61.3 Å². The number of alkyl halides is 4. The number of nitrogen functional groups attached to an aromatic ring is 1. The highest BCUT2D eigenvalue weighted by Gasteiger charge is 2.40. The van der Waals surface area contributed by atoms with Gasteiger partial charge in [-0.3, -0.25) is 4.90 Å². The van der Waals surface area contributed by atoms with E-state index in [2.05, 4.69) is 19.8 Å². The van der Waals surface area contributed by atoms with Crippen molar-refractivity contribution in [2.24, 2.45) is 0 Å². The van der Waals surface area contributed by atoms with Gasteiger partial charge in [0.05, 0.1) is 6.54 Å². The van der Waals surface area contributed by atoms with Crippen molar-refractivity contribution in [3.8, 4) is 11.5 Å². The van der Waals surface area contributed by atoms with Gasteiger partial charge in [-0.25, -0.2) is 18.7 Å². The van der Waals surface area contributed by atoms with E-state index in [0.717, 1.165) is 12.8 Å². The Morgan fingerprint density at radius 2 is 2.03 bits per heavy atom. The molecule has 1 saturated carbocycles. The molecule has 0 spiro atoms. The van der Waals surface area contributed by atoms with E-state index in [1.165, 1.54) is 16.6 Å². The first-order chi connectivity index (χ1) is 15.2. The summed E-state index contributed by atoms with van der Waals surface area (Å²) in [7, 11) is 0. The van der Waals surface area contributed by atoms with Gasteiger partial charge in [0.25, 0.3) is 5.92 Å². The number of phenols is 1. The first kappa shape index (κ1) is 21.0. The highest BCUT2D eigenvalue weighted by molar-refractivity contribution is 5.97. The number of phenolic OH excluding ortho intramolecular Hbond substituents is 1. The lowest BCUT2D eigenvalue weighted by molar-refractivity contribution is -0.0744. The molecule has 2 atom stereocenters. The number of aromatic hydroxyl groups is 1. The van der Waals surface area contributed by atoms with Crippen molar-refractivity contribution < 1.29 is 27.4 Å². The second-order valence-electron chi connectivity index (χ2n) is 8.46. The molecular weight excluding hydrogens is 432 g/mol. The SMILES string of the molecule is Nc1nc2c(O)c(OC(F)F)ccc2c2nc(C3CCC(N4CCCC(F)(F)C4)C3)nn12. The molecule has 2 aromatic heterocycles. The van der Waals surface area contributed by atoms with Crippen LogP contribution in [0.2, 0.25) is 0 Å². The molecule has 1 aromatic carbocycles. The van der Waals surface area contributed by atoms with Gasteiger partial charge in [0.1, 0.15) is 5.52 Å². The molecule has 1 aliphatic heterocycles. The maximum atomic E-state index is 13.8. The normalized spacial score (nSPS) is 24.0. The van der Waals surface area contributed by atoms with Crippen LogP contribution >= 0.6 is 0 Å². The van der Waals surface area contributed by atoms with Gasteiger partial charge in [-0.1, -0.05) is 0 Å². The topological polar surface area (TPSA) is 102 Å². The first-order valence-corrected chi connectivity index (χ1v) is 10.5. The number of piperidine rings is 1. The number of ether oxygens (including phenoxy) is 1. The molecular formula is C20H22F4N6O2. The lowest BCUT2D eigenvalue weighted by Crippen LogP contribution is -2.46. The summed E-state index contributed by atoms with van der Waals surface area (Å²) in [5.74, 6) is -3.20. The van der Waals surface area contributed by atoms with Gasteiger partial charge < -0.3 is 15.6 Å². The summed E-state index contributed by atoms with van der Waals surface area (Å²) in [6.07, 6.45) is 2.61. The van der Waals surface area contributed by atoms with Crippen LogP contribution in [0, 0.1) is 0 Å². The van der Waals surface area contributed by atoms with Crippen molar-refractivity contribution in [2.45, 2.75) is 56.6 Å². The number of hydrogen-bond acceptors (Lipinski definition) is 7. The summed E-state index contributed by atoms with van der Waals surface area (Å²) >= 11 is 0. The predicted molar refractivity (Wildman–Crippen MR) is 107 cm³/mol. The van der Waals surface area contributed by atoms with Crippen LogP contribution in [0.15, 0.2) is 12.1 Å². The zero-order valence-electron chi connectivity index (χ0n) is 17.0. The summed E-state index contributed by atoms with van der Waals surface area (Å²) in [5.41, 5.74) is 6.29. The number of benzene rings is 1. The van der Waals surface area contributed by atoms with Crippen LogP contribution in [-0.2, 0) is 0 Å². The second-order valence-corrected chi connectivity index (χ2v) is 8.46. The number of nitrogens with zero attached hydrogens (tertiary/aromatic N) is 5. The van der Waals surface area contributed by atoms with Gasteiger partial charge in [0.2, 0.25) is 5.95 Å². The molecule has 32 heavy (non-hydrogen) atoms. The molecule has 12 heteroatoms. The van der Waals surface area contributed by atoms with Crippen LogP contribution < -0.4 is 10.5 Å². The zero-order valence-corrected chi connectivity index (χ0v) is 17.0. The zero-order chi connectivity index (χ0) is 22.6. The third kappa shape index (κ3) is 3.65. The third-order valence-corrected chi connectivity index (χ3v) is 6.35. The summed E-state index contributed by atoms with van der Waals surface area (Å²) < 4.78 is 58.4. The van der Waals surface area contributed by atoms with Crippen molar-refractivity contribution in [3.05, 3.63) is 18.0 Å². The molecule has 172 valence electrons. The largest absolute Gasteiger partial charge is 0.503 e. The molecule has 3 N–H and O–H groups in total. The van der Waals surface area contributed by atoms with Gasteiger partial charge >= 0.3 is 6.61 Å². The Kier molecular flexibility index (Phi) is 4.99. The van der Waals surface area contributed by atoms with E-state index in [4.69, 9.17) is 5.73 Å².